The number of aromatic nitrogens is 3. The number of anilines is 3. The molecule has 1 aliphatic carbocycles. The number of ketones is 1. The van der Waals surface area contributed by atoms with Crippen LogP contribution >= 0.6 is 11.8 Å². The first kappa shape index (κ1) is 25.2. The van der Waals surface area contributed by atoms with Crippen LogP contribution in [0, 0.1) is 5.82 Å². The molecule has 2 aliphatic heterocycles. The Balaban J connectivity index is 1.26. The molecule has 0 amide bonds. The summed E-state index contributed by atoms with van der Waals surface area (Å²) < 4.78 is 16.8. The van der Waals surface area contributed by atoms with Crippen LogP contribution in [0.25, 0.3) is 11.0 Å². The molecule has 2 fully saturated rings. The standard InChI is InChI=1S/C30H29FN6O2S/c1-17-14-32-10-11-36(17)24-9-8-20(13-23(24)31)34-30-33-15-19-12-22(18-6-7-18)29(39)37(28(19)35-30)25-16-40-26-5-3-2-4-21(26)27(25)38/h2-5,8-9,12-13,15,17-18,25,32H,6-7,10-11,14,16H2,1H3,(H,33,34,35). The maximum Gasteiger partial charge on any atom is 0.256 e. The minimum Gasteiger partial charge on any atom is -0.364 e. The lowest BCUT2D eigenvalue weighted by Gasteiger charge is -2.36. The van der Waals surface area contributed by atoms with E-state index in [0.29, 0.717) is 39.3 Å². The van der Waals surface area contributed by atoms with E-state index in [-0.39, 0.29) is 35.1 Å². The molecule has 1 saturated carbocycles. The van der Waals surface area contributed by atoms with Crippen molar-refractivity contribution < 1.29 is 9.18 Å². The van der Waals surface area contributed by atoms with E-state index < -0.39 is 6.04 Å². The van der Waals surface area contributed by atoms with Crippen molar-refractivity contribution in [2.75, 3.05) is 35.6 Å². The Bertz CT molecular complexity index is 1700. The van der Waals surface area contributed by atoms with Crippen LogP contribution in [0.3, 0.4) is 0 Å². The number of thioether (sulfide) groups is 1. The van der Waals surface area contributed by atoms with E-state index in [4.69, 9.17) is 4.98 Å². The van der Waals surface area contributed by atoms with Gasteiger partial charge in [-0.25, -0.2) is 9.37 Å². The Morgan fingerprint density at radius 2 is 1.98 bits per heavy atom. The number of carbonyl (C=O) groups excluding carboxylic acids is 1. The maximum absolute atomic E-state index is 15.2. The van der Waals surface area contributed by atoms with Crippen LogP contribution < -0.4 is 21.1 Å². The molecule has 4 aromatic rings. The van der Waals surface area contributed by atoms with Crippen LogP contribution in [0.2, 0.25) is 0 Å². The normalized spacial score (nSPS) is 20.9. The number of pyridine rings is 1. The van der Waals surface area contributed by atoms with Crippen LogP contribution in [0.15, 0.2) is 64.4 Å². The lowest BCUT2D eigenvalue weighted by Crippen LogP contribution is -2.50. The average molecular weight is 557 g/mol. The maximum atomic E-state index is 15.2. The summed E-state index contributed by atoms with van der Waals surface area (Å²) in [6, 6.07) is 13.9. The highest BCUT2D eigenvalue weighted by molar-refractivity contribution is 7.99. The zero-order valence-corrected chi connectivity index (χ0v) is 22.9. The quantitative estimate of drug-likeness (QED) is 0.360. The van der Waals surface area contributed by atoms with Gasteiger partial charge in [-0.2, -0.15) is 4.98 Å². The number of nitrogens with zero attached hydrogens (tertiary/aromatic N) is 4. The van der Waals surface area contributed by atoms with E-state index in [1.54, 1.807) is 28.6 Å². The summed E-state index contributed by atoms with van der Waals surface area (Å²) in [5.74, 6) is 0.481. The second-order valence-electron chi connectivity index (χ2n) is 10.7. The number of benzene rings is 2. The largest absolute Gasteiger partial charge is 0.364 e. The van der Waals surface area contributed by atoms with Gasteiger partial charge in [0.1, 0.15) is 17.5 Å². The average Bonchev–Trinajstić information content (AvgIpc) is 3.80. The Morgan fingerprint density at radius 3 is 2.77 bits per heavy atom. The van der Waals surface area contributed by atoms with Gasteiger partial charge >= 0.3 is 0 Å². The van der Waals surface area contributed by atoms with Gasteiger partial charge in [0.05, 0.1) is 5.69 Å². The summed E-state index contributed by atoms with van der Waals surface area (Å²) in [6.45, 7) is 4.43. The molecule has 204 valence electrons. The first-order valence-electron chi connectivity index (χ1n) is 13.7. The molecular formula is C30H29FN6O2S. The highest BCUT2D eigenvalue weighted by Gasteiger charge is 2.34. The zero-order valence-electron chi connectivity index (χ0n) is 22.1. The SMILES string of the molecule is CC1CNCCN1c1ccc(Nc2ncc3cc(C4CC4)c(=O)n(C4CSc5ccccc5C4=O)c3n2)cc1F. The summed E-state index contributed by atoms with van der Waals surface area (Å²) in [4.78, 5) is 39.6. The Labute approximate surface area is 235 Å². The molecule has 2 atom stereocenters. The molecule has 2 aromatic heterocycles. The van der Waals surface area contributed by atoms with E-state index >= 15 is 4.39 Å². The van der Waals surface area contributed by atoms with Crippen molar-refractivity contribution in [3.8, 4) is 0 Å². The van der Waals surface area contributed by atoms with Crippen molar-refractivity contribution >= 4 is 45.9 Å². The number of fused-ring (bicyclic) bond motifs is 2. The monoisotopic (exact) mass is 556 g/mol. The Kier molecular flexibility index (Phi) is 6.31. The van der Waals surface area contributed by atoms with Gasteiger partial charge in [0.2, 0.25) is 5.95 Å². The molecule has 7 rings (SSSR count). The fourth-order valence-electron chi connectivity index (χ4n) is 5.74. The van der Waals surface area contributed by atoms with Crippen molar-refractivity contribution in [1.29, 1.82) is 0 Å². The smallest absolute Gasteiger partial charge is 0.256 e. The summed E-state index contributed by atoms with van der Waals surface area (Å²) in [6.07, 6.45) is 3.60. The number of carbonyl (C=O) groups is 1. The topological polar surface area (TPSA) is 92.1 Å². The second kappa shape index (κ2) is 10.0. The molecule has 10 heteroatoms. The lowest BCUT2D eigenvalue weighted by molar-refractivity contribution is 0.0931. The van der Waals surface area contributed by atoms with Gasteiger partial charge in [-0.3, -0.25) is 14.2 Å². The van der Waals surface area contributed by atoms with E-state index in [1.807, 2.05) is 36.4 Å². The van der Waals surface area contributed by atoms with Crippen LogP contribution in [-0.2, 0) is 0 Å². The number of nitrogens with one attached hydrogen (secondary N) is 2. The van der Waals surface area contributed by atoms with Gasteiger partial charge in [0.15, 0.2) is 5.78 Å². The minimum atomic E-state index is -0.672. The van der Waals surface area contributed by atoms with E-state index in [2.05, 4.69) is 27.4 Å². The van der Waals surface area contributed by atoms with Gasteiger partial charge in [0.25, 0.3) is 5.56 Å². The van der Waals surface area contributed by atoms with Crippen molar-refractivity contribution in [1.82, 2.24) is 19.9 Å². The first-order valence-corrected chi connectivity index (χ1v) is 14.7. The number of hydrogen-bond donors (Lipinski definition) is 2. The lowest BCUT2D eigenvalue weighted by atomic mass is 10.0. The minimum absolute atomic E-state index is 0.0846. The molecule has 2 N–H and O–H groups in total. The summed E-state index contributed by atoms with van der Waals surface area (Å²) in [5.41, 5.74) is 2.64. The zero-order chi connectivity index (χ0) is 27.4. The molecule has 3 aliphatic rings. The Hall–Kier alpha value is -3.76. The summed E-state index contributed by atoms with van der Waals surface area (Å²) >= 11 is 1.57. The van der Waals surface area contributed by atoms with Crippen LogP contribution in [0.5, 0.6) is 0 Å². The van der Waals surface area contributed by atoms with Crippen molar-refractivity contribution in [3.05, 3.63) is 82.0 Å². The van der Waals surface area contributed by atoms with Crippen LogP contribution in [0.4, 0.5) is 21.7 Å². The number of piperazine rings is 1. The molecule has 2 aromatic carbocycles. The van der Waals surface area contributed by atoms with Gasteiger partial charge in [-0.15, -0.1) is 11.8 Å². The number of halogens is 1. The highest BCUT2D eigenvalue weighted by Crippen LogP contribution is 2.40. The van der Waals surface area contributed by atoms with E-state index in [9.17, 15) is 9.59 Å². The Morgan fingerprint density at radius 1 is 1.12 bits per heavy atom. The van der Waals surface area contributed by atoms with E-state index in [1.165, 1.54) is 6.07 Å². The van der Waals surface area contributed by atoms with Gasteiger partial charge in [0, 0.05) is 64.7 Å². The molecule has 1 saturated heterocycles. The highest BCUT2D eigenvalue weighted by atomic mass is 32.2. The molecule has 0 bridgehead atoms. The fraction of sp³-hybridized carbons (Fsp3) is 0.333. The van der Waals surface area contributed by atoms with Crippen LogP contribution in [-0.4, -0.2) is 51.7 Å². The number of hydrogen-bond acceptors (Lipinski definition) is 8. The molecule has 0 spiro atoms. The van der Waals surface area contributed by atoms with E-state index in [0.717, 1.165) is 37.4 Å². The predicted molar refractivity (Wildman–Crippen MR) is 156 cm³/mol. The second-order valence-corrected chi connectivity index (χ2v) is 11.8. The number of Topliss-reactive ketones (excluding diaryl/α,β-unsaturated/α-hetero) is 1. The molecular weight excluding hydrogens is 527 g/mol. The predicted octanol–water partition coefficient (Wildman–Crippen LogP) is 4.88. The summed E-state index contributed by atoms with van der Waals surface area (Å²) in [7, 11) is 0. The van der Waals surface area contributed by atoms with Gasteiger partial charge in [-0.05, 0) is 56.0 Å². The van der Waals surface area contributed by atoms with Crippen molar-refractivity contribution in [3.63, 3.8) is 0 Å². The molecule has 4 heterocycles. The molecule has 8 nitrogen and oxygen atoms in total. The molecule has 2 unspecified atom stereocenters. The van der Waals surface area contributed by atoms with Crippen molar-refractivity contribution in [2.24, 2.45) is 0 Å². The van der Waals surface area contributed by atoms with Gasteiger partial charge in [-0.1, -0.05) is 18.2 Å². The third-order valence-corrected chi connectivity index (χ3v) is 9.15. The fourth-order valence-corrected chi connectivity index (χ4v) is 6.87. The summed E-state index contributed by atoms with van der Waals surface area (Å²) in [5, 5.41) is 7.14. The van der Waals surface area contributed by atoms with Crippen LogP contribution in [0.1, 0.15) is 47.6 Å². The number of rotatable bonds is 5. The molecule has 40 heavy (non-hydrogen) atoms. The van der Waals surface area contributed by atoms with Gasteiger partial charge < -0.3 is 15.5 Å². The first-order chi connectivity index (χ1) is 19.5. The third kappa shape index (κ3) is 4.45. The van der Waals surface area contributed by atoms with Crippen molar-refractivity contribution in [2.45, 2.75) is 42.7 Å². The molecule has 0 radical (unpaired) electrons. The third-order valence-electron chi connectivity index (χ3n) is 8.00.